The monoisotopic (exact) mass is 345 g/mol. The Kier molecular flexibility index (Phi) is 6.45. The fourth-order valence-corrected chi connectivity index (χ4v) is 4.03. The molecule has 0 saturated carbocycles. The lowest BCUT2D eigenvalue weighted by atomic mass is 9.78. The van der Waals surface area contributed by atoms with Crippen molar-refractivity contribution in [3.63, 3.8) is 0 Å². The summed E-state index contributed by atoms with van der Waals surface area (Å²) in [6.45, 7) is 6.26. The van der Waals surface area contributed by atoms with Crippen LogP contribution in [0.25, 0.3) is 0 Å². The Morgan fingerprint density at radius 3 is 2.68 bits per heavy atom. The average molecular weight is 345 g/mol. The molecule has 0 aromatic heterocycles. The van der Waals surface area contributed by atoms with Crippen molar-refractivity contribution in [1.29, 1.82) is 0 Å². The molecule has 0 bridgehead atoms. The minimum atomic E-state index is -0.382. The minimum Gasteiger partial charge on any atom is -0.384 e. The van der Waals surface area contributed by atoms with Crippen molar-refractivity contribution in [1.82, 2.24) is 15.5 Å². The van der Waals surface area contributed by atoms with E-state index in [4.69, 9.17) is 4.74 Å². The van der Waals surface area contributed by atoms with Gasteiger partial charge in [-0.3, -0.25) is 9.69 Å². The normalized spacial score (nSPS) is 20.5. The van der Waals surface area contributed by atoms with Gasteiger partial charge in [0.2, 0.25) is 5.91 Å². The summed E-state index contributed by atoms with van der Waals surface area (Å²) in [6, 6.07) is 8.61. The summed E-state index contributed by atoms with van der Waals surface area (Å²) in [4.78, 5) is 15.3. The van der Waals surface area contributed by atoms with Gasteiger partial charge in [0, 0.05) is 20.2 Å². The summed E-state index contributed by atoms with van der Waals surface area (Å²) in [6.07, 6.45) is 4.29. The molecule has 138 valence electrons. The molecule has 0 radical (unpaired) electrons. The van der Waals surface area contributed by atoms with E-state index in [1.54, 1.807) is 7.11 Å². The van der Waals surface area contributed by atoms with Gasteiger partial charge in [-0.1, -0.05) is 24.3 Å². The van der Waals surface area contributed by atoms with E-state index < -0.39 is 0 Å². The van der Waals surface area contributed by atoms with E-state index in [1.807, 2.05) is 0 Å². The van der Waals surface area contributed by atoms with Gasteiger partial charge in [0.15, 0.2) is 0 Å². The Balaban J connectivity index is 1.57. The Morgan fingerprint density at radius 2 is 1.96 bits per heavy atom. The smallest absolute Gasteiger partial charge is 0.228 e. The zero-order valence-electron chi connectivity index (χ0n) is 15.4. The molecule has 2 N–H and O–H groups in total. The number of nitrogens with zero attached hydrogens (tertiary/aromatic N) is 1. The standard InChI is InChI=1S/C20H31N3O2/c1-25-16-20(7-9-21-10-8-20)19(24)22-14-17-5-4-6-18(13-17)15-23-11-2-3-12-23/h4-6,13,21H,2-3,7-12,14-16H2,1H3,(H,22,24). The van der Waals surface area contributed by atoms with Crippen molar-refractivity contribution in [3.05, 3.63) is 35.4 Å². The van der Waals surface area contributed by atoms with Crippen molar-refractivity contribution in [3.8, 4) is 0 Å². The first-order valence-corrected chi connectivity index (χ1v) is 9.50. The molecular formula is C20H31N3O2. The van der Waals surface area contributed by atoms with Crippen molar-refractivity contribution in [2.75, 3.05) is 39.9 Å². The van der Waals surface area contributed by atoms with Gasteiger partial charge in [-0.05, 0) is 63.0 Å². The second kappa shape index (κ2) is 8.79. The van der Waals surface area contributed by atoms with Crippen LogP contribution in [0.1, 0.15) is 36.8 Å². The second-order valence-electron chi connectivity index (χ2n) is 7.45. The highest BCUT2D eigenvalue weighted by molar-refractivity contribution is 5.83. The van der Waals surface area contributed by atoms with Crippen LogP contribution in [0.2, 0.25) is 0 Å². The first-order chi connectivity index (χ1) is 12.2. The lowest BCUT2D eigenvalue weighted by molar-refractivity contribution is -0.136. The molecule has 3 rings (SSSR count). The van der Waals surface area contributed by atoms with E-state index in [1.165, 1.54) is 37.1 Å². The maximum Gasteiger partial charge on any atom is 0.228 e. The zero-order chi connectivity index (χ0) is 17.5. The van der Waals surface area contributed by atoms with E-state index >= 15 is 0 Å². The predicted molar refractivity (Wildman–Crippen MR) is 99.2 cm³/mol. The summed E-state index contributed by atoms with van der Waals surface area (Å²) >= 11 is 0. The van der Waals surface area contributed by atoms with Crippen LogP contribution in [0.4, 0.5) is 0 Å². The molecule has 1 amide bonds. The van der Waals surface area contributed by atoms with Crippen LogP contribution >= 0.6 is 0 Å². The molecule has 0 unspecified atom stereocenters. The van der Waals surface area contributed by atoms with E-state index in [9.17, 15) is 4.79 Å². The lowest BCUT2D eigenvalue weighted by Gasteiger charge is -2.35. The van der Waals surface area contributed by atoms with Crippen LogP contribution < -0.4 is 10.6 Å². The maximum absolute atomic E-state index is 12.8. The molecule has 1 aromatic carbocycles. The van der Waals surface area contributed by atoms with Gasteiger partial charge in [0.25, 0.3) is 0 Å². The maximum atomic E-state index is 12.8. The number of ether oxygens (including phenoxy) is 1. The van der Waals surface area contributed by atoms with Gasteiger partial charge >= 0.3 is 0 Å². The largest absolute Gasteiger partial charge is 0.384 e. The first kappa shape index (κ1) is 18.4. The van der Waals surface area contributed by atoms with Gasteiger partial charge in [-0.2, -0.15) is 0 Å². The van der Waals surface area contributed by atoms with Crippen molar-refractivity contribution in [2.24, 2.45) is 5.41 Å². The number of hydrogen-bond acceptors (Lipinski definition) is 4. The Bertz CT molecular complexity index is 558. The Morgan fingerprint density at radius 1 is 1.24 bits per heavy atom. The van der Waals surface area contributed by atoms with E-state index in [2.05, 4.69) is 39.8 Å². The molecule has 2 aliphatic heterocycles. The number of benzene rings is 1. The van der Waals surface area contributed by atoms with Crippen molar-refractivity contribution in [2.45, 2.75) is 38.8 Å². The highest BCUT2D eigenvalue weighted by Crippen LogP contribution is 2.29. The van der Waals surface area contributed by atoms with Gasteiger partial charge < -0.3 is 15.4 Å². The van der Waals surface area contributed by atoms with Crippen LogP contribution in [-0.4, -0.2) is 50.7 Å². The third-order valence-corrected chi connectivity index (χ3v) is 5.51. The number of rotatable bonds is 7. The first-order valence-electron chi connectivity index (χ1n) is 9.50. The molecule has 5 nitrogen and oxygen atoms in total. The third-order valence-electron chi connectivity index (χ3n) is 5.51. The van der Waals surface area contributed by atoms with Crippen LogP contribution in [0.15, 0.2) is 24.3 Å². The fraction of sp³-hybridized carbons (Fsp3) is 0.650. The second-order valence-corrected chi connectivity index (χ2v) is 7.45. The average Bonchev–Trinajstić information content (AvgIpc) is 3.14. The third kappa shape index (κ3) is 4.81. The van der Waals surface area contributed by atoms with Gasteiger partial charge in [-0.25, -0.2) is 0 Å². The zero-order valence-corrected chi connectivity index (χ0v) is 15.4. The van der Waals surface area contributed by atoms with Gasteiger partial charge in [0.1, 0.15) is 0 Å². The number of likely N-dealkylation sites (tertiary alicyclic amines) is 1. The van der Waals surface area contributed by atoms with Gasteiger partial charge in [0.05, 0.1) is 12.0 Å². The molecule has 0 spiro atoms. The number of amides is 1. The number of carbonyl (C=O) groups excluding carboxylic acids is 1. The number of piperidine rings is 1. The molecule has 2 heterocycles. The quantitative estimate of drug-likeness (QED) is 0.793. The fourth-order valence-electron chi connectivity index (χ4n) is 4.03. The van der Waals surface area contributed by atoms with E-state index in [0.29, 0.717) is 13.2 Å². The number of nitrogens with one attached hydrogen (secondary N) is 2. The van der Waals surface area contributed by atoms with Crippen LogP contribution in [0.5, 0.6) is 0 Å². The summed E-state index contributed by atoms with van der Waals surface area (Å²) in [5, 5.41) is 6.48. The molecule has 1 aromatic rings. The highest BCUT2D eigenvalue weighted by Gasteiger charge is 2.39. The van der Waals surface area contributed by atoms with E-state index in [-0.39, 0.29) is 11.3 Å². The lowest BCUT2D eigenvalue weighted by Crippen LogP contribution is -2.49. The Hall–Kier alpha value is -1.43. The van der Waals surface area contributed by atoms with Crippen LogP contribution in [0.3, 0.4) is 0 Å². The SMILES string of the molecule is COCC1(C(=O)NCc2cccc(CN3CCCC3)c2)CCNCC1. The predicted octanol–water partition coefficient (Wildman–Crippen LogP) is 1.91. The summed E-state index contributed by atoms with van der Waals surface area (Å²) < 4.78 is 5.36. The number of methoxy groups -OCH3 is 1. The van der Waals surface area contributed by atoms with Crippen molar-refractivity contribution < 1.29 is 9.53 Å². The Labute approximate surface area is 151 Å². The number of hydrogen-bond donors (Lipinski definition) is 2. The molecule has 0 atom stereocenters. The topological polar surface area (TPSA) is 53.6 Å². The van der Waals surface area contributed by atoms with Crippen LogP contribution in [-0.2, 0) is 22.6 Å². The molecule has 2 saturated heterocycles. The molecule has 25 heavy (non-hydrogen) atoms. The van der Waals surface area contributed by atoms with Crippen LogP contribution in [0, 0.1) is 5.41 Å². The summed E-state index contributed by atoms with van der Waals surface area (Å²) in [7, 11) is 1.68. The minimum absolute atomic E-state index is 0.126. The molecule has 5 heteroatoms. The molecule has 2 aliphatic rings. The molecular weight excluding hydrogens is 314 g/mol. The number of carbonyl (C=O) groups is 1. The highest BCUT2D eigenvalue weighted by atomic mass is 16.5. The summed E-state index contributed by atoms with van der Waals surface area (Å²) in [5.41, 5.74) is 2.13. The van der Waals surface area contributed by atoms with E-state index in [0.717, 1.165) is 32.5 Å². The summed E-state index contributed by atoms with van der Waals surface area (Å²) in [5.74, 6) is 0.126. The molecule has 0 aliphatic carbocycles. The van der Waals surface area contributed by atoms with Crippen molar-refractivity contribution >= 4 is 5.91 Å². The molecule has 2 fully saturated rings. The van der Waals surface area contributed by atoms with Gasteiger partial charge in [-0.15, -0.1) is 0 Å².